The molecule has 0 radical (unpaired) electrons. The number of aryl methyl sites for hydroxylation is 1. The van der Waals surface area contributed by atoms with Gasteiger partial charge in [-0.2, -0.15) is 0 Å². The van der Waals surface area contributed by atoms with Crippen LogP contribution in [0.15, 0.2) is 48.5 Å². The van der Waals surface area contributed by atoms with Crippen LogP contribution in [0, 0.1) is 0 Å². The SMILES string of the molecule is CCc1ccc(NC(=S)Nc2ccc(Cl)cc2)cc1. The van der Waals surface area contributed by atoms with Crippen LogP contribution in [0.4, 0.5) is 11.4 Å². The average Bonchev–Trinajstić information content (AvgIpc) is 2.42. The van der Waals surface area contributed by atoms with Crippen LogP contribution < -0.4 is 10.6 Å². The molecule has 4 heteroatoms. The van der Waals surface area contributed by atoms with Crippen molar-refractivity contribution in [2.75, 3.05) is 10.6 Å². The Morgan fingerprint density at radius 1 is 0.947 bits per heavy atom. The van der Waals surface area contributed by atoms with Gasteiger partial charge in [0.15, 0.2) is 5.11 Å². The second-order valence-corrected chi connectivity index (χ2v) is 4.98. The fourth-order valence-corrected chi connectivity index (χ4v) is 2.01. The molecule has 0 unspecified atom stereocenters. The zero-order valence-electron chi connectivity index (χ0n) is 10.6. The molecule has 0 spiro atoms. The van der Waals surface area contributed by atoms with E-state index in [1.54, 1.807) is 0 Å². The molecule has 0 amide bonds. The molecule has 0 fully saturated rings. The fraction of sp³-hybridized carbons (Fsp3) is 0.133. The zero-order valence-corrected chi connectivity index (χ0v) is 12.2. The number of hydrogen-bond acceptors (Lipinski definition) is 1. The largest absolute Gasteiger partial charge is 0.332 e. The van der Waals surface area contributed by atoms with Crippen LogP contribution in [0.25, 0.3) is 0 Å². The van der Waals surface area contributed by atoms with Gasteiger partial charge in [-0.15, -0.1) is 0 Å². The summed E-state index contributed by atoms with van der Waals surface area (Å²) in [5.41, 5.74) is 3.19. The number of nitrogens with one attached hydrogen (secondary N) is 2. The first-order chi connectivity index (χ1) is 9.17. The van der Waals surface area contributed by atoms with Gasteiger partial charge in [-0.25, -0.2) is 0 Å². The minimum absolute atomic E-state index is 0.562. The Morgan fingerprint density at radius 3 is 1.89 bits per heavy atom. The highest BCUT2D eigenvalue weighted by molar-refractivity contribution is 7.80. The Morgan fingerprint density at radius 2 is 1.42 bits per heavy atom. The molecular weight excluding hydrogens is 276 g/mol. The van der Waals surface area contributed by atoms with Crippen molar-refractivity contribution in [3.05, 3.63) is 59.1 Å². The Hall–Kier alpha value is -1.58. The zero-order chi connectivity index (χ0) is 13.7. The summed E-state index contributed by atoms with van der Waals surface area (Å²) in [6.45, 7) is 2.13. The summed E-state index contributed by atoms with van der Waals surface area (Å²) < 4.78 is 0. The molecule has 19 heavy (non-hydrogen) atoms. The maximum absolute atomic E-state index is 5.83. The highest BCUT2D eigenvalue weighted by Gasteiger charge is 1.99. The van der Waals surface area contributed by atoms with Gasteiger partial charge in [-0.1, -0.05) is 30.7 Å². The molecular formula is C15H15ClN2S. The van der Waals surface area contributed by atoms with Crippen molar-refractivity contribution in [3.63, 3.8) is 0 Å². The van der Waals surface area contributed by atoms with E-state index in [0.717, 1.165) is 17.8 Å². The van der Waals surface area contributed by atoms with Gasteiger partial charge in [0.2, 0.25) is 0 Å². The third-order valence-corrected chi connectivity index (χ3v) is 3.18. The molecule has 0 aliphatic carbocycles. The van der Waals surface area contributed by atoms with Crippen molar-refractivity contribution in [1.82, 2.24) is 0 Å². The lowest BCUT2D eigenvalue weighted by atomic mass is 10.1. The normalized spacial score (nSPS) is 10.0. The molecule has 2 aromatic carbocycles. The number of thiocarbonyl (C=S) groups is 1. The second-order valence-electron chi connectivity index (χ2n) is 4.14. The minimum Gasteiger partial charge on any atom is -0.332 e. The van der Waals surface area contributed by atoms with E-state index in [-0.39, 0.29) is 0 Å². The third-order valence-electron chi connectivity index (χ3n) is 2.72. The van der Waals surface area contributed by atoms with Crippen LogP contribution in [0.1, 0.15) is 12.5 Å². The molecule has 0 aromatic heterocycles. The van der Waals surface area contributed by atoms with Gasteiger partial charge >= 0.3 is 0 Å². The number of hydrogen-bond donors (Lipinski definition) is 2. The van der Waals surface area contributed by atoms with Crippen molar-refractivity contribution < 1.29 is 0 Å². The summed E-state index contributed by atoms with van der Waals surface area (Å²) in [6.07, 6.45) is 1.04. The Balaban J connectivity index is 1.95. The summed E-state index contributed by atoms with van der Waals surface area (Å²) in [6, 6.07) is 15.6. The predicted octanol–water partition coefficient (Wildman–Crippen LogP) is 4.71. The van der Waals surface area contributed by atoms with Gasteiger partial charge in [-0.3, -0.25) is 0 Å². The molecule has 2 nitrogen and oxygen atoms in total. The Kier molecular flexibility index (Phi) is 4.77. The van der Waals surface area contributed by atoms with E-state index >= 15 is 0 Å². The first-order valence-corrected chi connectivity index (χ1v) is 6.88. The third kappa shape index (κ3) is 4.23. The van der Waals surface area contributed by atoms with Gasteiger partial charge in [0.25, 0.3) is 0 Å². The molecule has 0 aliphatic rings. The molecule has 98 valence electrons. The van der Waals surface area contributed by atoms with Gasteiger partial charge in [-0.05, 0) is 60.6 Å². The topological polar surface area (TPSA) is 24.1 Å². The molecule has 0 atom stereocenters. The molecule has 0 saturated heterocycles. The molecule has 2 N–H and O–H groups in total. The van der Waals surface area contributed by atoms with Crippen LogP contribution in [0.2, 0.25) is 5.02 Å². The number of benzene rings is 2. The Labute approximate surface area is 123 Å². The lowest BCUT2D eigenvalue weighted by Gasteiger charge is -2.11. The first-order valence-electron chi connectivity index (χ1n) is 6.10. The number of rotatable bonds is 3. The van der Waals surface area contributed by atoms with Gasteiger partial charge < -0.3 is 10.6 Å². The summed E-state index contributed by atoms with van der Waals surface area (Å²) in [7, 11) is 0. The molecule has 0 bridgehead atoms. The minimum atomic E-state index is 0.562. The summed E-state index contributed by atoms with van der Waals surface area (Å²) >= 11 is 11.1. The van der Waals surface area contributed by atoms with E-state index in [9.17, 15) is 0 Å². The van der Waals surface area contributed by atoms with Crippen LogP contribution in [0.3, 0.4) is 0 Å². The molecule has 0 aliphatic heterocycles. The van der Waals surface area contributed by atoms with E-state index in [1.165, 1.54) is 5.56 Å². The smallest absolute Gasteiger partial charge is 0.175 e. The Bertz CT molecular complexity index is 549. The van der Waals surface area contributed by atoms with E-state index in [4.69, 9.17) is 23.8 Å². The van der Waals surface area contributed by atoms with Crippen molar-refractivity contribution in [2.45, 2.75) is 13.3 Å². The van der Waals surface area contributed by atoms with Crippen molar-refractivity contribution >= 4 is 40.3 Å². The lowest BCUT2D eigenvalue weighted by molar-refractivity contribution is 1.14. The summed E-state index contributed by atoms with van der Waals surface area (Å²) in [4.78, 5) is 0. The average molecular weight is 291 g/mol. The van der Waals surface area contributed by atoms with E-state index < -0.39 is 0 Å². The van der Waals surface area contributed by atoms with Crippen molar-refractivity contribution in [3.8, 4) is 0 Å². The standard InChI is InChI=1S/C15H15ClN2S/c1-2-11-3-7-13(8-4-11)17-15(19)18-14-9-5-12(16)6-10-14/h3-10H,2H2,1H3,(H2,17,18,19). The van der Waals surface area contributed by atoms with Crippen molar-refractivity contribution in [2.24, 2.45) is 0 Å². The molecule has 0 heterocycles. The highest BCUT2D eigenvalue weighted by atomic mass is 35.5. The van der Waals surface area contributed by atoms with E-state index in [1.807, 2.05) is 36.4 Å². The molecule has 2 rings (SSSR count). The first kappa shape index (κ1) is 13.8. The molecule has 0 saturated carbocycles. The van der Waals surface area contributed by atoms with Gasteiger partial charge in [0, 0.05) is 16.4 Å². The summed E-state index contributed by atoms with van der Waals surface area (Å²) in [5, 5.41) is 7.52. The monoisotopic (exact) mass is 290 g/mol. The lowest BCUT2D eigenvalue weighted by Crippen LogP contribution is -2.18. The number of anilines is 2. The second kappa shape index (κ2) is 6.55. The quantitative estimate of drug-likeness (QED) is 0.801. The van der Waals surface area contributed by atoms with Crippen LogP contribution in [0.5, 0.6) is 0 Å². The van der Waals surface area contributed by atoms with Gasteiger partial charge in [0.1, 0.15) is 0 Å². The maximum atomic E-state index is 5.83. The maximum Gasteiger partial charge on any atom is 0.175 e. The number of halogens is 1. The molecule has 2 aromatic rings. The van der Waals surface area contributed by atoms with Crippen LogP contribution >= 0.6 is 23.8 Å². The van der Waals surface area contributed by atoms with Crippen molar-refractivity contribution in [1.29, 1.82) is 0 Å². The summed E-state index contributed by atoms with van der Waals surface area (Å²) in [5.74, 6) is 0. The van der Waals surface area contributed by atoms with E-state index in [0.29, 0.717) is 10.1 Å². The van der Waals surface area contributed by atoms with Crippen LogP contribution in [-0.2, 0) is 6.42 Å². The van der Waals surface area contributed by atoms with E-state index in [2.05, 4.69) is 29.7 Å². The highest BCUT2D eigenvalue weighted by Crippen LogP contribution is 2.14. The predicted molar refractivity (Wildman–Crippen MR) is 87.1 cm³/mol. The van der Waals surface area contributed by atoms with Gasteiger partial charge in [0.05, 0.1) is 0 Å². The fourth-order valence-electron chi connectivity index (χ4n) is 1.65. The van der Waals surface area contributed by atoms with Crippen LogP contribution in [-0.4, -0.2) is 5.11 Å².